The van der Waals surface area contributed by atoms with Crippen molar-refractivity contribution >= 4 is 23.0 Å². The standard InChI is InChI=1S/C14H12F3N3O/c1-6-2-9(16)13(5-8(6)15)20-12-3-7(14(19)21)11(18)4-10(12)17/h2-5,20H,18H2,1H3,(H2,19,21). The molecule has 0 radical (unpaired) electrons. The number of nitrogens with two attached hydrogens (primary N) is 2. The highest BCUT2D eigenvalue weighted by Crippen LogP contribution is 2.27. The monoisotopic (exact) mass is 295 g/mol. The van der Waals surface area contributed by atoms with Crippen LogP contribution in [-0.4, -0.2) is 5.91 Å². The van der Waals surface area contributed by atoms with Crippen LogP contribution in [0.1, 0.15) is 15.9 Å². The van der Waals surface area contributed by atoms with Crippen LogP contribution in [0.2, 0.25) is 0 Å². The molecule has 4 nitrogen and oxygen atoms in total. The number of benzene rings is 2. The number of anilines is 3. The molecular weight excluding hydrogens is 283 g/mol. The number of halogens is 3. The molecule has 21 heavy (non-hydrogen) atoms. The summed E-state index contributed by atoms with van der Waals surface area (Å²) < 4.78 is 40.9. The summed E-state index contributed by atoms with van der Waals surface area (Å²) in [5.74, 6) is -3.08. The van der Waals surface area contributed by atoms with E-state index < -0.39 is 23.4 Å². The van der Waals surface area contributed by atoms with E-state index in [0.717, 1.165) is 24.3 Å². The second-order valence-corrected chi connectivity index (χ2v) is 4.49. The van der Waals surface area contributed by atoms with E-state index in [1.165, 1.54) is 6.92 Å². The summed E-state index contributed by atoms with van der Waals surface area (Å²) >= 11 is 0. The van der Waals surface area contributed by atoms with Crippen LogP contribution < -0.4 is 16.8 Å². The van der Waals surface area contributed by atoms with Crippen molar-refractivity contribution in [3.8, 4) is 0 Å². The minimum Gasteiger partial charge on any atom is -0.398 e. The number of hydrogen-bond acceptors (Lipinski definition) is 3. The smallest absolute Gasteiger partial charge is 0.250 e. The van der Waals surface area contributed by atoms with E-state index in [2.05, 4.69) is 5.32 Å². The Hall–Kier alpha value is -2.70. The first-order valence-corrected chi connectivity index (χ1v) is 5.91. The number of amides is 1. The number of carbonyl (C=O) groups is 1. The Morgan fingerprint density at radius 3 is 2.19 bits per heavy atom. The van der Waals surface area contributed by atoms with E-state index in [0.29, 0.717) is 0 Å². The van der Waals surface area contributed by atoms with Crippen LogP contribution in [0.4, 0.5) is 30.2 Å². The molecule has 0 aliphatic heterocycles. The third-order valence-corrected chi connectivity index (χ3v) is 2.92. The number of hydrogen-bond donors (Lipinski definition) is 3. The molecule has 2 rings (SSSR count). The highest BCUT2D eigenvalue weighted by atomic mass is 19.1. The van der Waals surface area contributed by atoms with Gasteiger partial charge in [0.25, 0.3) is 5.91 Å². The molecule has 7 heteroatoms. The van der Waals surface area contributed by atoms with Gasteiger partial charge < -0.3 is 16.8 Å². The summed E-state index contributed by atoms with van der Waals surface area (Å²) in [6, 6.07) is 3.79. The van der Waals surface area contributed by atoms with Gasteiger partial charge in [0.05, 0.1) is 16.9 Å². The van der Waals surface area contributed by atoms with Gasteiger partial charge in [0.2, 0.25) is 0 Å². The fraction of sp³-hybridized carbons (Fsp3) is 0.0714. The van der Waals surface area contributed by atoms with Crippen LogP contribution in [0.25, 0.3) is 0 Å². The fourth-order valence-electron chi connectivity index (χ4n) is 1.78. The van der Waals surface area contributed by atoms with Gasteiger partial charge in [-0.1, -0.05) is 0 Å². The molecule has 5 N–H and O–H groups in total. The molecule has 0 saturated heterocycles. The third-order valence-electron chi connectivity index (χ3n) is 2.92. The Bertz CT molecular complexity index is 732. The lowest BCUT2D eigenvalue weighted by atomic mass is 10.1. The fourth-order valence-corrected chi connectivity index (χ4v) is 1.78. The minimum atomic E-state index is -0.855. The van der Waals surface area contributed by atoms with Crippen molar-refractivity contribution in [3.05, 3.63) is 52.8 Å². The number of aryl methyl sites for hydroxylation is 1. The van der Waals surface area contributed by atoms with Gasteiger partial charge in [0.15, 0.2) is 0 Å². The lowest BCUT2D eigenvalue weighted by Gasteiger charge is -2.12. The van der Waals surface area contributed by atoms with E-state index in [1.54, 1.807) is 0 Å². The minimum absolute atomic E-state index is 0.119. The van der Waals surface area contributed by atoms with Crippen molar-refractivity contribution in [1.82, 2.24) is 0 Å². The molecule has 0 aliphatic carbocycles. The predicted molar refractivity (Wildman–Crippen MR) is 73.7 cm³/mol. The van der Waals surface area contributed by atoms with E-state index in [-0.39, 0.29) is 28.2 Å². The summed E-state index contributed by atoms with van der Waals surface area (Å²) in [5.41, 5.74) is 9.91. The van der Waals surface area contributed by atoms with Gasteiger partial charge in [-0.05, 0) is 30.7 Å². The van der Waals surface area contributed by atoms with Crippen LogP contribution in [0.3, 0.4) is 0 Å². The highest BCUT2D eigenvalue weighted by molar-refractivity contribution is 5.99. The lowest BCUT2D eigenvalue weighted by molar-refractivity contribution is 0.100. The van der Waals surface area contributed by atoms with Crippen molar-refractivity contribution in [3.63, 3.8) is 0 Å². The molecule has 0 aromatic heterocycles. The van der Waals surface area contributed by atoms with Crippen LogP contribution >= 0.6 is 0 Å². The molecular formula is C14H12F3N3O. The van der Waals surface area contributed by atoms with E-state index in [1.807, 2.05) is 0 Å². The zero-order chi connectivity index (χ0) is 15.7. The molecule has 0 atom stereocenters. The van der Waals surface area contributed by atoms with Crippen LogP contribution in [0, 0.1) is 24.4 Å². The van der Waals surface area contributed by atoms with Crippen molar-refractivity contribution in [2.75, 3.05) is 11.1 Å². The first kappa shape index (κ1) is 14.7. The zero-order valence-electron chi connectivity index (χ0n) is 11.0. The summed E-state index contributed by atoms with van der Waals surface area (Å²) in [6.07, 6.45) is 0. The number of nitrogen functional groups attached to an aromatic ring is 1. The lowest BCUT2D eigenvalue weighted by Crippen LogP contribution is -2.14. The number of rotatable bonds is 3. The van der Waals surface area contributed by atoms with Gasteiger partial charge in [-0.3, -0.25) is 4.79 Å². The summed E-state index contributed by atoms with van der Waals surface area (Å²) in [4.78, 5) is 11.2. The van der Waals surface area contributed by atoms with Gasteiger partial charge >= 0.3 is 0 Å². The van der Waals surface area contributed by atoms with Crippen LogP contribution in [0.15, 0.2) is 24.3 Å². The number of primary amides is 1. The Morgan fingerprint density at radius 2 is 1.57 bits per heavy atom. The van der Waals surface area contributed by atoms with Gasteiger partial charge in [-0.15, -0.1) is 0 Å². The topological polar surface area (TPSA) is 81.1 Å². The first-order valence-electron chi connectivity index (χ1n) is 5.91. The maximum Gasteiger partial charge on any atom is 0.250 e. The van der Waals surface area contributed by atoms with Crippen LogP contribution in [0.5, 0.6) is 0 Å². The normalized spacial score (nSPS) is 10.5. The third kappa shape index (κ3) is 2.91. The van der Waals surface area contributed by atoms with E-state index >= 15 is 0 Å². The molecule has 0 unspecified atom stereocenters. The van der Waals surface area contributed by atoms with Gasteiger partial charge in [0.1, 0.15) is 17.5 Å². The number of carbonyl (C=O) groups excluding carboxylic acids is 1. The average Bonchev–Trinajstić information content (AvgIpc) is 2.38. The molecule has 0 bridgehead atoms. The quantitative estimate of drug-likeness (QED) is 0.762. The SMILES string of the molecule is Cc1cc(F)c(Nc2cc(C(N)=O)c(N)cc2F)cc1F. The maximum atomic E-state index is 13.8. The zero-order valence-corrected chi connectivity index (χ0v) is 11.0. The summed E-state index contributed by atoms with van der Waals surface area (Å²) in [6.45, 7) is 1.40. The molecule has 0 saturated carbocycles. The van der Waals surface area contributed by atoms with Crippen molar-refractivity contribution in [1.29, 1.82) is 0 Å². The Balaban J connectivity index is 2.47. The average molecular weight is 295 g/mol. The maximum absolute atomic E-state index is 13.8. The van der Waals surface area contributed by atoms with Gasteiger partial charge in [-0.2, -0.15) is 0 Å². The van der Waals surface area contributed by atoms with E-state index in [9.17, 15) is 18.0 Å². The second-order valence-electron chi connectivity index (χ2n) is 4.49. The molecule has 110 valence electrons. The summed E-state index contributed by atoms with van der Waals surface area (Å²) in [7, 11) is 0. The van der Waals surface area contributed by atoms with Gasteiger partial charge in [-0.25, -0.2) is 13.2 Å². The van der Waals surface area contributed by atoms with Crippen molar-refractivity contribution < 1.29 is 18.0 Å². The van der Waals surface area contributed by atoms with Crippen LogP contribution in [-0.2, 0) is 0 Å². The Labute approximate surface area is 118 Å². The molecule has 0 fully saturated rings. The Kier molecular flexibility index (Phi) is 3.75. The van der Waals surface area contributed by atoms with E-state index in [4.69, 9.17) is 11.5 Å². The van der Waals surface area contributed by atoms with Crippen molar-refractivity contribution in [2.45, 2.75) is 6.92 Å². The first-order chi connectivity index (χ1) is 9.79. The Morgan fingerprint density at radius 1 is 1.00 bits per heavy atom. The molecule has 2 aromatic carbocycles. The number of nitrogens with one attached hydrogen (secondary N) is 1. The molecule has 0 aliphatic rings. The molecule has 2 aromatic rings. The largest absolute Gasteiger partial charge is 0.398 e. The molecule has 1 amide bonds. The summed E-state index contributed by atoms with van der Waals surface area (Å²) in [5, 5.41) is 2.38. The second kappa shape index (κ2) is 5.35. The molecule has 0 heterocycles. The molecule has 0 spiro atoms. The van der Waals surface area contributed by atoms with Crippen molar-refractivity contribution in [2.24, 2.45) is 5.73 Å². The van der Waals surface area contributed by atoms with Gasteiger partial charge in [0, 0.05) is 11.8 Å². The predicted octanol–water partition coefficient (Wildman–Crippen LogP) is 2.84. The highest BCUT2D eigenvalue weighted by Gasteiger charge is 2.14.